The summed E-state index contributed by atoms with van der Waals surface area (Å²) in [5.41, 5.74) is -1.40. The van der Waals surface area contributed by atoms with Crippen molar-refractivity contribution in [1.82, 2.24) is 10.1 Å². The molecule has 0 saturated carbocycles. The summed E-state index contributed by atoms with van der Waals surface area (Å²) < 4.78 is 43.3. The highest BCUT2D eigenvalue weighted by atomic mass is 35.5. The average Bonchev–Trinajstić information content (AvgIpc) is 2.75. The molecule has 0 spiro atoms. The zero-order valence-corrected chi connectivity index (χ0v) is 11.4. The van der Waals surface area contributed by atoms with Gasteiger partial charge in [0, 0.05) is 5.02 Å². The largest absolute Gasteiger partial charge is 0.418 e. The van der Waals surface area contributed by atoms with Crippen LogP contribution in [-0.4, -0.2) is 16.0 Å². The van der Waals surface area contributed by atoms with Crippen LogP contribution in [0.1, 0.15) is 17.3 Å². The Morgan fingerprint density at radius 1 is 1.43 bits per heavy atom. The van der Waals surface area contributed by atoms with E-state index in [-0.39, 0.29) is 23.0 Å². The number of amides is 1. The number of aryl methyl sites for hydroxylation is 1. The molecule has 0 unspecified atom stereocenters. The highest BCUT2D eigenvalue weighted by Crippen LogP contribution is 2.36. The molecule has 2 aromatic rings. The highest BCUT2D eigenvalue weighted by molar-refractivity contribution is 6.30. The molecule has 0 atom stereocenters. The summed E-state index contributed by atoms with van der Waals surface area (Å²) in [6, 6.07) is 3.08. The second-order valence-electron chi connectivity index (χ2n) is 4.15. The summed E-state index contributed by atoms with van der Waals surface area (Å²) in [6.45, 7) is 1.56. The Labute approximate surface area is 122 Å². The van der Waals surface area contributed by atoms with Crippen molar-refractivity contribution in [1.29, 1.82) is 0 Å². The molecule has 0 aliphatic heterocycles. The van der Waals surface area contributed by atoms with Crippen LogP contribution in [0.25, 0.3) is 0 Å². The number of benzene rings is 1. The van der Waals surface area contributed by atoms with Crippen molar-refractivity contribution in [3.8, 4) is 0 Å². The lowest BCUT2D eigenvalue weighted by molar-refractivity contribution is -0.137. The van der Waals surface area contributed by atoms with Crippen LogP contribution < -0.4 is 5.32 Å². The van der Waals surface area contributed by atoms with E-state index in [2.05, 4.69) is 15.5 Å². The topological polar surface area (TPSA) is 68.0 Å². The standard InChI is InChI=1S/C12H9ClF3N3O2/c1-6-17-11(21-19-6)5-10(20)18-9-3-2-7(13)4-8(9)12(14,15)16/h2-4H,5H2,1H3,(H,18,20). The molecule has 1 N–H and O–H groups in total. The molecule has 1 amide bonds. The number of nitrogens with one attached hydrogen (secondary N) is 1. The van der Waals surface area contributed by atoms with Crippen LogP contribution >= 0.6 is 11.6 Å². The molecule has 0 bridgehead atoms. The summed E-state index contributed by atoms with van der Waals surface area (Å²) in [7, 11) is 0. The Kier molecular flexibility index (Phi) is 4.17. The smallest absolute Gasteiger partial charge is 0.339 e. The van der Waals surface area contributed by atoms with Gasteiger partial charge in [0.05, 0.1) is 11.3 Å². The van der Waals surface area contributed by atoms with Crippen molar-refractivity contribution in [3.05, 3.63) is 40.5 Å². The number of anilines is 1. The zero-order valence-electron chi connectivity index (χ0n) is 10.7. The SMILES string of the molecule is Cc1noc(CC(=O)Nc2ccc(Cl)cc2C(F)(F)F)n1. The van der Waals surface area contributed by atoms with Crippen LogP contribution in [0.5, 0.6) is 0 Å². The molecular formula is C12H9ClF3N3O2. The molecule has 0 aliphatic carbocycles. The number of halogens is 4. The molecule has 0 radical (unpaired) electrons. The Morgan fingerprint density at radius 2 is 2.14 bits per heavy atom. The van der Waals surface area contributed by atoms with Gasteiger partial charge < -0.3 is 9.84 Å². The van der Waals surface area contributed by atoms with Crippen LogP contribution in [0.3, 0.4) is 0 Å². The van der Waals surface area contributed by atoms with E-state index >= 15 is 0 Å². The van der Waals surface area contributed by atoms with E-state index in [0.717, 1.165) is 12.1 Å². The molecule has 1 aromatic heterocycles. The predicted molar refractivity (Wildman–Crippen MR) is 67.8 cm³/mol. The number of hydrogen-bond acceptors (Lipinski definition) is 4. The van der Waals surface area contributed by atoms with Gasteiger partial charge >= 0.3 is 6.18 Å². The minimum atomic E-state index is -4.63. The van der Waals surface area contributed by atoms with E-state index in [0.29, 0.717) is 5.82 Å². The quantitative estimate of drug-likeness (QED) is 0.943. The Morgan fingerprint density at radius 3 is 2.71 bits per heavy atom. The van der Waals surface area contributed by atoms with Crippen LogP contribution in [0, 0.1) is 6.92 Å². The van der Waals surface area contributed by atoms with Gasteiger partial charge in [-0.15, -0.1) is 0 Å². The Bertz CT molecular complexity index is 670. The summed E-state index contributed by atoms with van der Waals surface area (Å²) in [4.78, 5) is 15.5. The lowest BCUT2D eigenvalue weighted by Gasteiger charge is -2.13. The first-order valence-corrected chi connectivity index (χ1v) is 6.09. The fourth-order valence-corrected chi connectivity index (χ4v) is 1.78. The minimum absolute atomic E-state index is 0.0209. The van der Waals surface area contributed by atoms with Crippen LogP contribution in [-0.2, 0) is 17.4 Å². The molecule has 21 heavy (non-hydrogen) atoms. The number of nitrogens with zero attached hydrogens (tertiary/aromatic N) is 2. The van der Waals surface area contributed by atoms with Crippen LogP contribution in [0.4, 0.5) is 18.9 Å². The minimum Gasteiger partial charge on any atom is -0.339 e. The van der Waals surface area contributed by atoms with Crippen molar-refractivity contribution in [3.63, 3.8) is 0 Å². The molecule has 2 rings (SSSR count). The van der Waals surface area contributed by atoms with Crippen molar-refractivity contribution in [2.75, 3.05) is 5.32 Å². The van der Waals surface area contributed by atoms with E-state index in [1.165, 1.54) is 6.07 Å². The fraction of sp³-hybridized carbons (Fsp3) is 0.250. The predicted octanol–water partition coefficient (Wildman–Crippen LogP) is 3.23. The van der Waals surface area contributed by atoms with Crippen molar-refractivity contribution < 1.29 is 22.5 Å². The molecule has 0 saturated heterocycles. The number of hydrogen-bond donors (Lipinski definition) is 1. The third kappa shape index (κ3) is 3.94. The van der Waals surface area contributed by atoms with E-state index in [1.807, 2.05) is 0 Å². The number of carbonyl (C=O) groups excluding carboxylic acids is 1. The average molecular weight is 320 g/mol. The first kappa shape index (κ1) is 15.3. The van der Waals surface area contributed by atoms with Gasteiger partial charge in [0.1, 0.15) is 6.42 Å². The van der Waals surface area contributed by atoms with E-state index in [9.17, 15) is 18.0 Å². The number of rotatable bonds is 3. The monoisotopic (exact) mass is 319 g/mol. The molecule has 0 aliphatic rings. The number of aromatic nitrogens is 2. The third-order valence-corrected chi connectivity index (χ3v) is 2.68. The molecule has 5 nitrogen and oxygen atoms in total. The number of carbonyl (C=O) groups is 1. The van der Waals surface area contributed by atoms with Gasteiger partial charge in [0.2, 0.25) is 11.8 Å². The van der Waals surface area contributed by atoms with Crippen LogP contribution in [0.15, 0.2) is 22.7 Å². The fourth-order valence-electron chi connectivity index (χ4n) is 1.60. The Balaban J connectivity index is 2.17. The molecule has 0 fully saturated rings. The van der Waals surface area contributed by atoms with Gasteiger partial charge in [0.25, 0.3) is 0 Å². The molecule has 1 heterocycles. The van der Waals surface area contributed by atoms with Gasteiger partial charge in [-0.25, -0.2) is 0 Å². The van der Waals surface area contributed by atoms with Gasteiger partial charge in [-0.2, -0.15) is 18.2 Å². The zero-order chi connectivity index (χ0) is 15.6. The summed E-state index contributed by atoms with van der Waals surface area (Å²) in [6.07, 6.45) is -4.95. The number of alkyl halides is 3. The normalized spacial score (nSPS) is 11.5. The first-order chi connectivity index (χ1) is 9.75. The molecular weight excluding hydrogens is 311 g/mol. The van der Waals surface area contributed by atoms with Gasteiger partial charge in [-0.1, -0.05) is 16.8 Å². The maximum atomic E-state index is 12.9. The Hall–Kier alpha value is -2.09. The summed E-state index contributed by atoms with van der Waals surface area (Å²) in [5, 5.41) is 5.56. The van der Waals surface area contributed by atoms with Crippen LogP contribution in [0.2, 0.25) is 5.02 Å². The molecule has 112 valence electrons. The van der Waals surface area contributed by atoms with E-state index in [4.69, 9.17) is 16.1 Å². The lowest BCUT2D eigenvalue weighted by atomic mass is 10.1. The van der Waals surface area contributed by atoms with E-state index in [1.54, 1.807) is 6.92 Å². The maximum absolute atomic E-state index is 12.9. The third-order valence-electron chi connectivity index (χ3n) is 2.44. The van der Waals surface area contributed by atoms with E-state index < -0.39 is 17.6 Å². The molecule has 1 aromatic carbocycles. The van der Waals surface area contributed by atoms with Gasteiger partial charge in [-0.05, 0) is 25.1 Å². The van der Waals surface area contributed by atoms with Gasteiger partial charge in [-0.3, -0.25) is 4.79 Å². The molecule has 9 heteroatoms. The maximum Gasteiger partial charge on any atom is 0.418 e. The van der Waals surface area contributed by atoms with Crippen molar-refractivity contribution in [2.45, 2.75) is 19.5 Å². The second kappa shape index (κ2) is 5.72. The van der Waals surface area contributed by atoms with Crippen molar-refractivity contribution in [2.24, 2.45) is 0 Å². The van der Waals surface area contributed by atoms with Crippen molar-refractivity contribution >= 4 is 23.2 Å². The summed E-state index contributed by atoms with van der Waals surface area (Å²) in [5.74, 6) is -0.348. The summed E-state index contributed by atoms with van der Waals surface area (Å²) >= 11 is 5.55. The first-order valence-electron chi connectivity index (χ1n) is 5.71. The van der Waals surface area contributed by atoms with Gasteiger partial charge in [0.15, 0.2) is 5.82 Å². The second-order valence-corrected chi connectivity index (χ2v) is 4.58. The lowest BCUT2D eigenvalue weighted by Crippen LogP contribution is -2.18. The highest BCUT2D eigenvalue weighted by Gasteiger charge is 2.34.